The molecule has 0 aliphatic carbocycles. The quantitative estimate of drug-likeness (QED) is 0.201. The minimum Gasteiger partial charge on any atom is -0.366 e. The van der Waals surface area contributed by atoms with Crippen LogP contribution in [0.5, 0.6) is 0 Å². The normalized spacial score (nSPS) is 11.8. The smallest absolute Gasteiger partial charge is 0.332 e. The third-order valence-electron chi connectivity index (χ3n) is 2.73. The fraction of sp³-hybridized carbons (Fsp3) is 0.786. The van der Waals surface area contributed by atoms with E-state index in [0.29, 0.717) is 0 Å². The van der Waals surface area contributed by atoms with Gasteiger partial charge in [0.05, 0.1) is 0 Å². The summed E-state index contributed by atoms with van der Waals surface area (Å²) in [5.74, 6) is -0.551. The van der Waals surface area contributed by atoms with Crippen LogP contribution in [0.15, 0.2) is 10.3 Å². The van der Waals surface area contributed by atoms with Crippen LogP contribution in [0.3, 0.4) is 0 Å². The number of hydrogen-bond donors (Lipinski definition) is 2. The SMILES string of the molecule is CCCCCCCCCCC=NNC(N)=NOC(C)=O. The number of carbonyl (C=O) groups excluding carboxylic acids is 1. The molecule has 0 saturated heterocycles. The number of nitrogens with one attached hydrogen (secondary N) is 1. The number of carbonyl (C=O) groups is 1. The zero-order valence-corrected chi connectivity index (χ0v) is 12.7. The van der Waals surface area contributed by atoms with Crippen LogP contribution in [0.4, 0.5) is 0 Å². The Balaban J connectivity index is 3.35. The van der Waals surface area contributed by atoms with Crippen molar-refractivity contribution >= 4 is 18.1 Å². The summed E-state index contributed by atoms with van der Waals surface area (Å²) in [7, 11) is 0. The average molecular weight is 284 g/mol. The summed E-state index contributed by atoms with van der Waals surface area (Å²) >= 11 is 0. The molecule has 0 aliphatic rings. The molecular formula is C14H28N4O2. The number of nitrogens with two attached hydrogens (primary N) is 1. The molecule has 0 heterocycles. The van der Waals surface area contributed by atoms with Crippen molar-refractivity contribution in [3.63, 3.8) is 0 Å². The van der Waals surface area contributed by atoms with Crippen molar-refractivity contribution < 1.29 is 9.63 Å². The number of hydrogen-bond acceptors (Lipinski definition) is 4. The van der Waals surface area contributed by atoms with Crippen LogP contribution < -0.4 is 11.2 Å². The zero-order chi connectivity index (χ0) is 15.1. The first-order valence-electron chi connectivity index (χ1n) is 7.45. The van der Waals surface area contributed by atoms with Crippen molar-refractivity contribution in [1.29, 1.82) is 0 Å². The Labute approximate surface area is 121 Å². The fourth-order valence-electron chi connectivity index (χ4n) is 1.68. The molecule has 0 aromatic rings. The van der Waals surface area contributed by atoms with E-state index < -0.39 is 5.97 Å². The molecule has 0 atom stereocenters. The number of guanidine groups is 1. The Morgan fingerprint density at radius 3 is 2.35 bits per heavy atom. The summed E-state index contributed by atoms with van der Waals surface area (Å²) in [4.78, 5) is 14.8. The van der Waals surface area contributed by atoms with Gasteiger partial charge in [0.25, 0.3) is 5.96 Å². The molecule has 3 N–H and O–H groups in total. The summed E-state index contributed by atoms with van der Waals surface area (Å²) in [5.41, 5.74) is 7.87. The molecule has 116 valence electrons. The van der Waals surface area contributed by atoms with Crippen molar-refractivity contribution in [1.82, 2.24) is 5.43 Å². The van der Waals surface area contributed by atoms with E-state index in [1.54, 1.807) is 6.21 Å². The van der Waals surface area contributed by atoms with Gasteiger partial charge in [-0.05, 0) is 18.0 Å². The van der Waals surface area contributed by atoms with Crippen LogP contribution in [-0.4, -0.2) is 18.1 Å². The van der Waals surface area contributed by atoms with E-state index in [-0.39, 0.29) is 5.96 Å². The molecule has 0 rings (SSSR count). The Kier molecular flexibility index (Phi) is 12.7. The van der Waals surface area contributed by atoms with Gasteiger partial charge in [-0.15, -0.1) is 0 Å². The van der Waals surface area contributed by atoms with E-state index in [9.17, 15) is 4.79 Å². The molecule has 0 amide bonds. The highest BCUT2D eigenvalue weighted by atomic mass is 16.7. The molecule has 6 nitrogen and oxygen atoms in total. The first-order chi connectivity index (χ1) is 9.66. The van der Waals surface area contributed by atoms with E-state index in [2.05, 4.69) is 27.4 Å². The number of oxime groups is 1. The van der Waals surface area contributed by atoms with Crippen LogP contribution in [0.2, 0.25) is 0 Å². The molecule has 0 aliphatic heterocycles. The van der Waals surface area contributed by atoms with Gasteiger partial charge in [-0.3, -0.25) is 0 Å². The highest BCUT2D eigenvalue weighted by molar-refractivity contribution is 5.79. The maximum atomic E-state index is 10.5. The van der Waals surface area contributed by atoms with Crippen molar-refractivity contribution in [3.05, 3.63) is 0 Å². The zero-order valence-electron chi connectivity index (χ0n) is 12.7. The van der Waals surface area contributed by atoms with Gasteiger partial charge < -0.3 is 10.6 Å². The summed E-state index contributed by atoms with van der Waals surface area (Å²) in [6.45, 7) is 3.49. The standard InChI is InChI=1S/C14H28N4O2/c1-3-4-5-6-7-8-9-10-11-12-16-17-14(15)18-20-13(2)19/h12H,3-11H2,1-2H3,(H3,15,17,18). The predicted molar refractivity (Wildman–Crippen MR) is 82.2 cm³/mol. The molecule has 0 spiro atoms. The Morgan fingerprint density at radius 2 is 1.75 bits per heavy atom. The molecule has 6 heteroatoms. The number of hydrazone groups is 1. The second-order valence-corrected chi connectivity index (χ2v) is 4.75. The van der Waals surface area contributed by atoms with Crippen LogP contribution >= 0.6 is 0 Å². The Bertz CT molecular complexity index is 304. The minimum atomic E-state index is -0.516. The molecule has 0 radical (unpaired) electrons. The fourth-order valence-corrected chi connectivity index (χ4v) is 1.68. The van der Waals surface area contributed by atoms with Crippen LogP contribution in [0.25, 0.3) is 0 Å². The highest BCUT2D eigenvalue weighted by Crippen LogP contribution is 2.08. The molecular weight excluding hydrogens is 256 g/mol. The maximum absolute atomic E-state index is 10.5. The first-order valence-corrected chi connectivity index (χ1v) is 7.45. The lowest BCUT2D eigenvalue weighted by Gasteiger charge is -2.00. The van der Waals surface area contributed by atoms with Crippen LogP contribution in [0.1, 0.15) is 71.6 Å². The number of nitrogens with zero attached hydrogens (tertiary/aromatic N) is 2. The number of unbranched alkanes of at least 4 members (excludes halogenated alkanes) is 8. The van der Waals surface area contributed by atoms with Crippen LogP contribution in [-0.2, 0) is 9.63 Å². The first kappa shape index (κ1) is 18.4. The van der Waals surface area contributed by atoms with E-state index in [4.69, 9.17) is 5.73 Å². The minimum absolute atomic E-state index is 0.0348. The summed E-state index contributed by atoms with van der Waals surface area (Å²) in [5, 5.41) is 7.21. The molecule has 20 heavy (non-hydrogen) atoms. The van der Waals surface area contributed by atoms with E-state index >= 15 is 0 Å². The van der Waals surface area contributed by atoms with Gasteiger partial charge in [-0.2, -0.15) is 5.10 Å². The maximum Gasteiger partial charge on any atom is 0.332 e. The van der Waals surface area contributed by atoms with Gasteiger partial charge in [0.15, 0.2) is 0 Å². The summed E-state index contributed by atoms with van der Waals surface area (Å²) in [6, 6.07) is 0. The number of rotatable bonds is 11. The van der Waals surface area contributed by atoms with Gasteiger partial charge in [-0.25, -0.2) is 10.2 Å². The van der Waals surface area contributed by atoms with E-state index in [1.165, 1.54) is 51.9 Å². The summed E-state index contributed by atoms with van der Waals surface area (Å²) in [6.07, 6.45) is 13.0. The Hall–Kier alpha value is -1.59. The highest BCUT2D eigenvalue weighted by Gasteiger charge is 1.92. The van der Waals surface area contributed by atoms with E-state index in [1.807, 2.05) is 0 Å². The molecule has 0 saturated carbocycles. The van der Waals surface area contributed by atoms with Crippen molar-refractivity contribution in [3.8, 4) is 0 Å². The third kappa shape index (κ3) is 14.5. The lowest BCUT2D eigenvalue weighted by Crippen LogP contribution is -2.27. The van der Waals surface area contributed by atoms with Crippen molar-refractivity contribution in [2.45, 2.75) is 71.6 Å². The lowest BCUT2D eigenvalue weighted by atomic mass is 10.1. The van der Waals surface area contributed by atoms with Crippen LogP contribution in [0, 0.1) is 0 Å². The summed E-state index contributed by atoms with van der Waals surface area (Å²) < 4.78 is 0. The molecule has 0 aromatic heterocycles. The molecule has 0 unspecified atom stereocenters. The largest absolute Gasteiger partial charge is 0.366 e. The lowest BCUT2D eigenvalue weighted by molar-refractivity contribution is -0.141. The topological polar surface area (TPSA) is 89.1 Å². The van der Waals surface area contributed by atoms with Gasteiger partial charge in [0.2, 0.25) is 0 Å². The monoisotopic (exact) mass is 284 g/mol. The van der Waals surface area contributed by atoms with E-state index in [0.717, 1.165) is 12.8 Å². The second kappa shape index (κ2) is 13.8. The average Bonchev–Trinajstić information content (AvgIpc) is 2.42. The third-order valence-corrected chi connectivity index (χ3v) is 2.73. The van der Waals surface area contributed by atoms with Crippen molar-refractivity contribution in [2.75, 3.05) is 0 Å². The predicted octanol–water partition coefficient (Wildman–Crippen LogP) is 2.89. The Morgan fingerprint density at radius 1 is 1.15 bits per heavy atom. The molecule has 0 bridgehead atoms. The van der Waals surface area contributed by atoms with Gasteiger partial charge >= 0.3 is 5.97 Å². The van der Waals surface area contributed by atoms with Gasteiger partial charge in [-0.1, -0.05) is 51.9 Å². The molecule has 0 fully saturated rings. The molecule has 0 aromatic carbocycles. The van der Waals surface area contributed by atoms with Gasteiger partial charge in [0, 0.05) is 13.1 Å². The van der Waals surface area contributed by atoms with Gasteiger partial charge in [0.1, 0.15) is 0 Å². The second-order valence-electron chi connectivity index (χ2n) is 4.75. The van der Waals surface area contributed by atoms with Crippen molar-refractivity contribution in [2.24, 2.45) is 16.0 Å².